The lowest BCUT2D eigenvalue weighted by Gasteiger charge is -2.12. The summed E-state index contributed by atoms with van der Waals surface area (Å²) >= 11 is 5.81. The van der Waals surface area contributed by atoms with E-state index in [-0.39, 0.29) is 18.9 Å². The molecule has 0 aliphatic heterocycles. The van der Waals surface area contributed by atoms with Gasteiger partial charge in [-0.2, -0.15) is 0 Å². The molecule has 0 spiro atoms. The van der Waals surface area contributed by atoms with Crippen molar-refractivity contribution < 1.29 is 9.90 Å². The lowest BCUT2D eigenvalue weighted by Crippen LogP contribution is -2.29. The fourth-order valence-electron chi connectivity index (χ4n) is 2.41. The van der Waals surface area contributed by atoms with Crippen LogP contribution in [-0.2, 0) is 11.2 Å². The number of aromatic nitrogens is 2. The van der Waals surface area contributed by atoms with Gasteiger partial charge >= 0.3 is 0 Å². The highest BCUT2D eigenvalue weighted by Gasteiger charge is 2.12. The van der Waals surface area contributed by atoms with Crippen molar-refractivity contribution in [1.29, 1.82) is 0 Å². The molecule has 3 rings (SSSR count). The van der Waals surface area contributed by atoms with E-state index in [2.05, 4.69) is 15.3 Å². The van der Waals surface area contributed by atoms with E-state index in [9.17, 15) is 9.90 Å². The van der Waals surface area contributed by atoms with Crippen molar-refractivity contribution in [3.8, 4) is 0 Å². The van der Waals surface area contributed by atoms with Crippen molar-refractivity contribution in [2.24, 2.45) is 0 Å². The minimum atomic E-state index is -0.763. The average Bonchev–Trinajstić information content (AvgIpc) is 2.96. The third kappa shape index (κ3) is 3.70. The summed E-state index contributed by atoms with van der Waals surface area (Å²) in [4.78, 5) is 19.3. The zero-order valence-corrected chi connectivity index (χ0v) is 13.0. The Morgan fingerprint density at radius 3 is 2.87 bits per heavy atom. The number of aliphatic hydroxyl groups is 1. The van der Waals surface area contributed by atoms with Gasteiger partial charge in [0, 0.05) is 29.3 Å². The Bertz CT molecular complexity index is 814. The lowest BCUT2D eigenvalue weighted by molar-refractivity contribution is -0.120. The molecular weight excluding hydrogens is 314 g/mol. The highest BCUT2D eigenvalue weighted by molar-refractivity contribution is 6.30. The first-order valence-corrected chi connectivity index (χ1v) is 7.62. The predicted octanol–water partition coefficient (Wildman–Crippen LogP) is 2.61. The zero-order chi connectivity index (χ0) is 16.2. The Kier molecular flexibility index (Phi) is 4.60. The molecule has 0 bridgehead atoms. The number of hydrogen-bond acceptors (Lipinski definition) is 3. The number of aliphatic hydroxyl groups excluding tert-OH is 1. The van der Waals surface area contributed by atoms with Crippen molar-refractivity contribution in [3.63, 3.8) is 0 Å². The number of nitrogens with one attached hydrogen (secondary N) is 2. The quantitative estimate of drug-likeness (QED) is 0.673. The van der Waals surface area contributed by atoms with Crippen molar-refractivity contribution in [1.82, 2.24) is 15.3 Å². The van der Waals surface area contributed by atoms with Crippen LogP contribution in [0.5, 0.6) is 0 Å². The molecular formula is C17H16ClN3O2. The number of amides is 1. The van der Waals surface area contributed by atoms with Crippen LogP contribution in [0.1, 0.15) is 17.2 Å². The summed E-state index contributed by atoms with van der Waals surface area (Å²) in [5, 5.41) is 14.4. The molecule has 0 saturated carbocycles. The maximum absolute atomic E-state index is 12.1. The van der Waals surface area contributed by atoms with Crippen LogP contribution >= 0.6 is 11.6 Å². The van der Waals surface area contributed by atoms with Gasteiger partial charge in [0.25, 0.3) is 0 Å². The van der Waals surface area contributed by atoms with E-state index < -0.39 is 6.10 Å². The average molecular weight is 330 g/mol. The van der Waals surface area contributed by atoms with Crippen LogP contribution in [0, 0.1) is 0 Å². The van der Waals surface area contributed by atoms with E-state index in [0.29, 0.717) is 10.6 Å². The monoisotopic (exact) mass is 329 g/mol. The number of benzene rings is 1. The fourth-order valence-corrected chi connectivity index (χ4v) is 2.53. The summed E-state index contributed by atoms with van der Waals surface area (Å²) in [6.07, 6.45) is 2.96. The first-order valence-electron chi connectivity index (χ1n) is 7.24. The Labute approximate surface area is 138 Å². The van der Waals surface area contributed by atoms with Crippen LogP contribution in [-0.4, -0.2) is 27.5 Å². The molecule has 3 aromatic rings. The van der Waals surface area contributed by atoms with Gasteiger partial charge in [-0.25, -0.2) is 4.98 Å². The van der Waals surface area contributed by atoms with Gasteiger partial charge in [0.1, 0.15) is 5.65 Å². The van der Waals surface area contributed by atoms with Gasteiger partial charge in [-0.3, -0.25) is 4.79 Å². The normalized spacial score (nSPS) is 12.3. The molecule has 1 atom stereocenters. The molecule has 118 valence electrons. The molecule has 5 nitrogen and oxygen atoms in total. The van der Waals surface area contributed by atoms with Crippen LogP contribution in [0.3, 0.4) is 0 Å². The number of fused-ring (bicyclic) bond motifs is 1. The third-order valence-corrected chi connectivity index (χ3v) is 3.89. The number of H-pyrrole nitrogens is 1. The highest BCUT2D eigenvalue weighted by atomic mass is 35.5. The first kappa shape index (κ1) is 15.5. The molecule has 6 heteroatoms. The van der Waals surface area contributed by atoms with E-state index in [1.54, 1.807) is 36.7 Å². The fraction of sp³-hybridized carbons (Fsp3) is 0.176. The number of halogens is 1. The summed E-state index contributed by atoms with van der Waals surface area (Å²) in [5.41, 5.74) is 2.36. The zero-order valence-electron chi connectivity index (χ0n) is 12.3. The van der Waals surface area contributed by atoms with E-state index in [1.807, 2.05) is 12.1 Å². The van der Waals surface area contributed by atoms with Crippen LogP contribution < -0.4 is 5.32 Å². The molecule has 23 heavy (non-hydrogen) atoms. The smallest absolute Gasteiger partial charge is 0.224 e. The van der Waals surface area contributed by atoms with E-state index in [4.69, 9.17) is 11.6 Å². The summed E-state index contributed by atoms with van der Waals surface area (Å²) in [6.45, 7) is 0.154. The molecule has 2 heterocycles. The van der Waals surface area contributed by atoms with Crippen molar-refractivity contribution >= 4 is 28.5 Å². The van der Waals surface area contributed by atoms with Gasteiger partial charge in [0.15, 0.2) is 0 Å². The van der Waals surface area contributed by atoms with Gasteiger partial charge < -0.3 is 15.4 Å². The molecule has 3 N–H and O–H groups in total. The second kappa shape index (κ2) is 6.81. The minimum absolute atomic E-state index is 0.150. The SMILES string of the molecule is O=C(Cc1c[nH]c2ncccc12)NCC(O)c1ccc(Cl)cc1. The second-order valence-corrected chi connectivity index (χ2v) is 5.70. The van der Waals surface area contributed by atoms with Crippen LogP contribution in [0.15, 0.2) is 48.8 Å². The molecule has 1 amide bonds. The number of aromatic amines is 1. The maximum Gasteiger partial charge on any atom is 0.224 e. The standard InChI is InChI=1S/C17H16ClN3O2/c18-13-5-3-11(4-6-13)15(22)10-20-16(23)8-12-9-21-17-14(12)2-1-7-19-17/h1-7,9,15,22H,8,10H2,(H,19,21)(H,20,23). The summed E-state index contributed by atoms with van der Waals surface area (Å²) in [6, 6.07) is 10.7. The number of hydrogen-bond donors (Lipinski definition) is 3. The third-order valence-electron chi connectivity index (χ3n) is 3.64. The maximum atomic E-state index is 12.1. The van der Waals surface area contributed by atoms with E-state index in [0.717, 1.165) is 16.6 Å². The topological polar surface area (TPSA) is 78.0 Å². The Hall–Kier alpha value is -2.37. The predicted molar refractivity (Wildman–Crippen MR) is 89.2 cm³/mol. The van der Waals surface area contributed by atoms with Gasteiger partial charge in [-0.15, -0.1) is 0 Å². The van der Waals surface area contributed by atoms with Gasteiger partial charge in [0.2, 0.25) is 5.91 Å². The van der Waals surface area contributed by atoms with E-state index >= 15 is 0 Å². The summed E-state index contributed by atoms with van der Waals surface area (Å²) in [5.74, 6) is -0.150. The second-order valence-electron chi connectivity index (χ2n) is 5.26. The molecule has 0 aliphatic rings. The molecule has 0 fully saturated rings. The van der Waals surface area contributed by atoms with Gasteiger partial charge in [-0.05, 0) is 35.4 Å². The van der Waals surface area contributed by atoms with Crippen molar-refractivity contribution in [2.45, 2.75) is 12.5 Å². The minimum Gasteiger partial charge on any atom is -0.387 e. The number of pyridine rings is 1. The van der Waals surface area contributed by atoms with Crippen molar-refractivity contribution in [2.75, 3.05) is 6.54 Å². The molecule has 2 aromatic heterocycles. The van der Waals surface area contributed by atoms with Crippen LogP contribution in [0.4, 0.5) is 0 Å². The van der Waals surface area contributed by atoms with Gasteiger partial charge in [-0.1, -0.05) is 23.7 Å². The number of carbonyl (C=O) groups is 1. The Morgan fingerprint density at radius 2 is 2.09 bits per heavy atom. The molecule has 1 unspecified atom stereocenters. The Morgan fingerprint density at radius 1 is 1.30 bits per heavy atom. The van der Waals surface area contributed by atoms with Crippen molar-refractivity contribution in [3.05, 3.63) is 64.9 Å². The first-order chi connectivity index (χ1) is 11.1. The summed E-state index contributed by atoms with van der Waals surface area (Å²) in [7, 11) is 0. The van der Waals surface area contributed by atoms with E-state index in [1.165, 1.54) is 0 Å². The number of nitrogens with zero attached hydrogens (tertiary/aromatic N) is 1. The van der Waals surface area contributed by atoms with Gasteiger partial charge in [0.05, 0.1) is 12.5 Å². The number of carbonyl (C=O) groups excluding carboxylic acids is 1. The van der Waals surface area contributed by atoms with Crippen LogP contribution in [0.25, 0.3) is 11.0 Å². The molecule has 0 saturated heterocycles. The number of rotatable bonds is 5. The lowest BCUT2D eigenvalue weighted by atomic mass is 10.1. The Balaban J connectivity index is 1.58. The summed E-state index contributed by atoms with van der Waals surface area (Å²) < 4.78 is 0. The highest BCUT2D eigenvalue weighted by Crippen LogP contribution is 2.17. The molecule has 0 aliphatic carbocycles. The molecule has 0 radical (unpaired) electrons. The molecule has 1 aromatic carbocycles. The van der Waals surface area contributed by atoms with Crippen LogP contribution in [0.2, 0.25) is 5.02 Å². The largest absolute Gasteiger partial charge is 0.387 e.